The van der Waals surface area contributed by atoms with E-state index >= 15 is 0 Å². The normalized spacial score (nSPS) is 21.7. The minimum Gasteiger partial charge on any atom is -0.445 e. The minimum atomic E-state index is -0.264. The van der Waals surface area contributed by atoms with E-state index in [0.717, 1.165) is 18.4 Å². The standard InChI is InChI=1S/C21H29NO5/c1-2-24-10-11-25-9-8-18-12-19-15-26-16-20(13-18)22(19)21(23)27-14-17-6-4-3-5-7-17/h3-7,12,19-20H,2,8-11,13-16H2,1H3. The molecular formula is C21H29NO5. The van der Waals surface area contributed by atoms with Gasteiger partial charge in [-0.05, 0) is 25.3 Å². The molecule has 0 radical (unpaired) electrons. The van der Waals surface area contributed by atoms with Crippen molar-refractivity contribution in [1.82, 2.24) is 4.90 Å². The zero-order chi connectivity index (χ0) is 18.9. The molecule has 2 atom stereocenters. The predicted octanol–water partition coefficient (Wildman–Crippen LogP) is 3.17. The van der Waals surface area contributed by atoms with Gasteiger partial charge in [-0.25, -0.2) is 4.79 Å². The highest BCUT2D eigenvalue weighted by Crippen LogP contribution is 2.29. The number of rotatable bonds is 9. The fourth-order valence-corrected chi connectivity index (χ4v) is 3.52. The zero-order valence-electron chi connectivity index (χ0n) is 16.0. The van der Waals surface area contributed by atoms with E-state index in [9.17, 15) is 4.79 Å². The van der Waals surface area contributed by atoms with E-state index in [1.165, 1.54) is 5.57 Å². The van der Waals surface area contributed by atoms with E-state index in [-0.39, 0.29) is 18.2 Å². The van der Waals surface area contributed by atoms with Crippen molar-refractivity contribution in [2.75, 3.05) is 39.6 Å². The molecule has 2 aliphatic heterocycles. The number of hydrogen-bond acceptors (Lipinski definition) is 5. The van der Waals surface area contributed by atoms with Crippen LogP contribution >= 0.6 is 0 Å². The Kier molecular flexibility index (Phi) is 7.68. The number of ether oxygens (including phenoxy) is 4. The SMILES string of the molecule is CCOCCOCCC1=CC2COCC(C1)N2C(=O)OCc1ccccc1. The maximum atomic E-state index is 12.6. The van der Waals surface area contributed by atoms with Crippen molar-refractivity contribution in [3.63, 3.8) is 0 Å². The van der Waals surface area contributed by atoms with Crippen LogP contribution in [0.25, 0.3) is 0 Å². The van der Waals surface area contributed by atoms with Gasteiger partial charge in [0, 0.05) is 6.61 Å². The summed E-state index contributed by atoms with van der Waals surface area (Å²) >= 11 is 0. The number of carbonyl (C=O) groups is 1. The first-order valence-electron chi connectivity index (χ1n) is 9.69. The minimum absolute atomic E-state index is 0.0375. The van der Waals surface area contributed by atoms with Crippen LogP contribution in [0.1, 0.15) is 25.3 Å². The van der Waals surface area contributed by atoms with Crippen LogP contribution < -0.4 is 0 Å². The van der Waals surface area contributed by atoms with Gasteiger partial charge in [0.25, 0.3) is 0 Å². The Morgan fingerprint density at radius 3 is 2.74 bits per heavy atom. The van der Waals surface area contributed by atoms with E-state index in [2.05, 4.69) is 6.08 Å². The molecule has 27 heavy (non-hydrogen) atoms. The van der Waals surface area contributed by atoms with Crippen molar-refractivity contribution in [1.29, 1.82) is 0 Å². The molecule has 0 saturated carbocycles. The molecule has 1 aromatic carbocycles. The Morgan fingerprint density at radius 2 is 1.96 bits per heavy atom. The average Bonchev–Trinajstić information content (AvgIpc) is 2.69. The first kappa shape index (κ1) is 19.9. The van der Waals surface area contributed by atoms with Crippen molar-refractivity contribution in [3.8, 4) is 0 Å². The smallest absolute Gasteiger partial charge is 0.411 e. The summed E-state index contributed by atoms with van der Waals surface area (Å²) in [5.41, 5.74) is 2.32. The third kappa shape index (κ3) is 5.79. The van der Waals surface area contributed by atoms with Gasteiger partial charge in [0.1, 0.15) is 6.61 Å². The van der Waals surface area contributed by atoms with Crippen molar-refractivity contribution >= 4 is 6.09 Å². The van der Waals surface area contributed by atoms with Crippen molar-refractivity contribution in [3.05, 3.63) is 47.5 Å². The topological polar surface area (TPSA) is 57.2 Å². The Bertz CT molecular complexity index is 618. The zero-order valence-corrected chi connectivity index (χ0v) is 16.0. The van der Waals surface area contributed by atoms with Gasteiger partial charge in [0.05, 0.1) is 45.1 Å². The Hall–Kier alpha value is -1.89. The molecule has 0 aliphatic carbocycles. The molecule has 1 saturated heterocycles. The van der Waals surface area contributed by atoms with Crippen LogP contribution in [0.2, 0.25) is 0 Å². The third-order valence-electron chi connectivity index (χ3n) is 4.84. The highest BCUT2D eigenvalue weighted by Gasteiger charge is 2.38. The molecule has 2 aliphatic rings. The quantitative estimate of drug-likeness (QED) is 0.490. The molecule has 1 aromatic rings. The van der Waals surface area contributed by atoms with Crippen LogP contribution in [0.5, 0.6) is 0 Å². The highest BCUT2D eigenvalue weighted by molar-refractivity contribution is 5.69. The molecule has 1 amide bonds. The third-order valence-corrected chi connectivity index (χ3v) is 4.84. The summed E-state index contributed by atoms with van der Waals surface area (Å²) in [5.74, 6) is 0. The van der Waals surface area contributed by atoms with Crippen LogP contribution in [-0.4, -0.2) is 62.7 Å². The highest BCUT2D eigenvalue weighted by atomic mass is 16.6. The lowest BCUT2D eigenvalue weighted by Gasteiger charge is -2.43. The molecule has 6 heteroatoms. The van der Waals surface area contributed by atoms with Gasteiger partial charge in [-0.15, -0.1) is 0 Å². The van der Waals surface area contributed by atoms with Crippen molar-refractivity contribution in [2.45, 2.75) is 38.5 Å². The Labute approximate surface area is 161 Å². The second kappa shape index (κ2) is 10.4. The van der Waals surface area contributed by atoms with E-state index in [0.29, 0.717) is 46.2 Å². The van der Waals surface area contributed by atoms with Gasteiger partial charge in [0.2, 0.25) is 0 Å². The summed E-state index contributed by atoms with van der Waals surface area (Å²) in [4.78, 5) is 14.5. The number of carbonyl (C=O) groups excluding carboxylic acids is 1. The number of benzene rings is 1. The van der Waals surface area contributed by atoms with Crippen LogP contribution in [-0.2, 0) is 25.6 Å². The molecule has 2 bridgehead atoms. The van der Waals surface area contributed by atoms with Crippen LogP contribution in [0.15, 0.2) is 42.0 Å². The monoisotopic (exact) mass is 375 g/mol. The summed E-state index contributed by atoms with van der Waals surface area (Å²) in [7, 11) is 0. The maximum Gasteiger partial charge on any atom is 0.411 e. The first-order chi connectivity index (χ1) is 13.3. The molecule has 1 fully saturated rings. The van der Waals surface area contributed by atoms with Crippen LogP contribution in [0.3, 0.4) is 0 Å². The molecular weight excluding hydrogens is 346 g/mol. The van der Waals surface area contributed by atoms with E-state index < -0.39 is 0 Å². The van der Waals surface area contributed by atoms with Gasteiger partial charge in [-0.1, -0.05) is 42.0 Å². The lowest BCUT2D eigenvalue weighted by molar-refractivity contribution is -0.0380. The molecule has 148 valence electrons. The number of morpholine rings is 1. The molecule has 3 rings (SSSR count). The largest absolute Gasteiger partial charge is 0.445 e. The fourth-order valence-electron chi connectivity index (χ4n) is 3.52. The number of amides is 1. The van der Waals surface area contributed by atoms with Gasteiger partial charge in [-0.2, -0.15) is 0 Å². The number of nitrogens with zero attached hydrogens (tertiary/aromatic N) is 1. The van der Waals surface area contributed by atoms with Gasteiger partial charge < -0.3 is 18.9 Å². The predicted molar refractivity (Wildman–Crippen MR) is 101 cm³/mol. The number of hydrogen-bond donors (Lipinski definition) is 0. The molecule has 0 spiro atoms. The first-order valence-corrected chi connectivity index (χ1v) is 9.69. The van der Waals surface area contributed by atoms with E-state index in [1.54, 1.807) is 0 Å². The van der Waals surface area contributed by atoms with E-state index in [1.807, 2.05) is 42.2 Å². The molecule has 0 N–H and O–H groups in total. The van der Waals surface area contributed by atoms with E-state index in [4.69, 9.17) is 18.9 Å². The summed E-state index contributed by atoms with van der Waals surface area (Å²) in [6, 6.07) is 9.73. The second-order valence-electron chi connectivity index (χ2n) is 6.79. The van der Waals surface area contributed by atoms with Crippen LogP contribution in [0, 0.1) is 0 Å². The number of fused-ring (bicyclic) bond motifs is 2. The van der Waals surface area contributed by atoms with Crippen molar-refractivity contribution < 1.29 is 23.7 Å². The molecule has 0 aromatic heterocycles. The molecule has 2 heterocycles. The summed E-state index contributed by atoms with van der Waals surface area (Å²) < 4.78 is 22.1. The fraction of sp³-hybridized carbons (Fsp3) is 0.571. The van der Waals surface area contributed by atoms with Crippen molar-refractivity contribution in [2.24, 2.45) is 0 Å². The van der Waals surface area contributed by atoms with Crippen LogP contribution in [0.4, 0.5) is 4.79 Å². The van der Waals surface area contributed by atoms with Gasteiger partial charge in [-0.3, -0.25) is 4.90 Å². The summed E-state index contributed by atoms with van der Waals surface area (Å²) in [6.45, 7) is 5.99. The Balaban J connectivity index is 1.49. The maximum absolute atomic E-state index is 12.6. The lowest BCUT2D eigenvalue weighted by atomic mass is 9.93. The molecule has 2 unspecified atom stereocenters. The van der Waals surface area contributed by atoms with Gasteiger partial charge >= 0.3 is 6.09 Å². The Morgan fingerprint density at radius 1 is 1.15 bits per heavy atom. The average molecular weight is 375 g/mol. The molecule has 6 nitrogen and oxygen atoms in total. The summed E-state index contributed by atoms with van der Waals surface area (Å²) in [5, 5.41) is 0. The summed E-state index contributed by atoms with van der Waals surface area (Å²) in [6.07, 6.45) is 3.57. The lowest BCUT2D eigenvalue weighted by Crippen LogP contribution is -2.56. The second-order valence-corrected chi connectivity index (χ2v) is 6.79. The van der Waals surface area contributed by atoms with Gasteiger partial charge in [0.15, 0.2) is 0 Å².